The lowest BCUT2D eigenvalue weighted by molar-refractivity contribution is -0.164. The molecule has 71 heavy (non-hydrogen) atoms. The van der Waals surface area contributed by atoms with E-state index in [0.29, 0.717) is 27.8 Å². The molecule has 3 aromatic carbocycles. The monoisotopic (exact) mass is 1000 g/mol. The van der Waals surface area contributed by atoms with Crippen LogP contribution in [0.4, 0.5) is 0 Å². The van der Waals surface area contributed by atoms with Crippen molar-refractivity contribution in [3.05, 3.63) is 118 Å². The zero-order valence-corrected chi connectivity index (χ0v) is 43.1. The summed E-state index contributed by atoms with van der Waals surface area (Å²) in [4.78, 5) is 65.6. The molecule has 2 aliphatic rings. The number of β-amino-alcohol motifs (C(OH)–C–C–N with tert-alkyl or cyclic N) is 1. The summed E-state index contributed by atoms with van der Waals surface area (Å²) >= 11 is 7.81. The maximum Gasteiger partial charge on any atom is 0.251 e. The van der Waals surface area contributed by atoms with Crippen LogP contribution in [0.25, 0.3) is 21.6 Å². The molecule has 1 aliphatic carbocycles. The molecule has 4 N–H and O–H groups in total. The van der Waals surface area contributed by atoms with E-state index in [9.17, 15) is 29.5 Å². The van der Waals surface area contributed by atoms with Crippen molar-refractivity contribution < 1.29 is 38.5 Å². The number of hydrogen-bond acceptors (Lipinski definition) is 12. The molecule has 7 rings (SSSR count). The molecule has 1 aliphatic heterocycles. The predicted octanol–water partition coefficient (Wildman–Crippen LogP) is 8.08. The summed E-state index contributed by atoms with van der Waals surface area (Å²) in [5.74, 6) is -0.650. The number of pyridine rings is 1. The van der Waals surface area contributed by atoms with Gasteiger partial charge in [0.05, 0.1) is 45.4 Å². The summed E-state index contributed by atoms with van der Waals surface area (Å²) in [7, 11) is 0. The average Bonchev–Trinajstić information content (AvgIpc) is 3.96. The number of carbonyl (C=O) groups is 4. The number of hydrogen-bond donors (Lipinski definition) is 4. The van der Waals surface area contributed by atoms with Gasteiger partial charge in [0.2, 0.25) is 23.6 Å². The van der Waals surface area contributed by atoms with Crippen molar-refractivity contribution in [1.29, 1.82) is 5.26 Å². The molecule has 4 amide bonds. The fourth-order valence-electron chi connectivity index (χ4n) is 9.85. The second-order valence-electron chi connectivity index (χ2n) is 20.5. The van der Waals surface area contributed by atoms with E-state index >= 15 is 0 Å². The number of halogens is 1. The van der Waals surface area contributed by atoms with Crippen molar-refractivity contribution in [2.24, 2.45) is 16.2 Å². The van der Waals surface area contributed by atoms with Crippen LogP contribution in [0.3, 0.4) is 0 Å². The van der Waals surface area contributed by atoms with Gasteiger partial charge in [-0.1, -0.05) is 96.5 Å². The normalized spacial score (nSPS) is 19.9. The third kappa shape index (κ3) is 11.9. The molecule has 0 spiro atoms. The standard InChI is InChI=1S/C54H62ClN7O8S/c1-31(33-10-14-35(15-11-33)45-32(2)58-30-71-45)59-48(66)42-24-39(63)28-62(42)49(67)46(52(3,4)5)60-43(64)29-68-22-23-69-44-21-19-38(27-57-44)34-12-16-36(17-13-34)47(65)61-50-53(6,7)51(54(50,8)9)70-40-20-18-37(26-56)41(55)25-40/h10-21,25,27,30-31,39,42,46,50-51,63H,22-24,28-29H2,1-9H3,(H,59,66)(H,60,64)(H,61,65)/t31-,39+,42-,46?,50-,51-/m0/s1. The Hall–Kier alpha value is -6.38. The van der Waals surface area contributed by atoms with Crippen LogP contribution in [0.15, 0.2) is 90.6 Å². The lowest BCUT2D eigenvalue weighted by Gasteiger charge is -2.63. The largest absolute Gasteiger partial charge is 0.489 e. The lowest BCUT2D eigenvalue weighted by atomic mass is 9.49. The third-order valence-corrected chi connectivity index (χ3v) is 14.7. The SMILES string of the molecule is Cc1ncsc1-c1ccc([C@H](C)NC(=O)[C@@H]2C[C@@H](O)CN2C(=O)C(NC(=O)COCCOc2ccc(-c3ccc(C(=O)N[C@H]4C(C)(C)[C@H](Oc5ccc(C#N)c(Cl)c5)C4(C)C)cc3)cn2)C(C)(C)C)cc1. The highest BCUT2D eigenvalue weighted by Gasteiger charge is 2.64. The van der Waals surface area contributed by atoms with Gasteiger partial charge in [0.15, 0.2) is 0 Å². The van der Waals surface area contributed by atoms with Crippen molar-refractivity contribution in [2.75, 3.05) is 26.4 Å². The smallest absolute Gasteiger partial charge is 0.251 e. The predicted molar refractivity (Wildman–Crippen MR) is 272 cm³/mol. The molecule has 1 saturated heterocycles. The van der Waals surface area contributed by atoms with Crippen LogP contribution in [0, 0.1) is 34.5 Å². The van der Waals surface area contributed by atoms with Crippen molar-refractivity contribution in [3.63, 3.8) is 0 Å². The number of benzene rings is 3. The summed E-state index contributed by atoms with van der Waals surface area (Å²) in [6.45, 7) is 17.3. The second-order valence-corrected chi connectivity index (χ2v) is 21.8. The van der Waals surface area contributed by atoms with Crippen molar-refractivity contribution in [1.82, 2.24) is 30.8 Å². The Labute approximate surface area is 424 Å². The van der Waals surface area contributed by atoms with Crippen LogP contribution >= 0.6 is 22.9 Å². The number of ether oxygens (including phenoxy) is 3. The number of aryl methyl sites for hydroxylation is 1. The van der Waals surface area contributed by atoms with Gasteiger partial charge in [-0.25, -0.2) is 9.97 Å². The summed E-state index contributed by atoms with van der Waals surface area (Å²) in [6.07, 6.45) is 0.618. The Morgan fingerprint density at radius 2 is 1.61 bits per heavy atom. The van der Waals surface area contributed by atoms with Gasteiger partial charge in [-0.05, 0) is 66.3 Å². The number of aliphatic hydroxyl groups excluding tert-OH is 1. The van der Waals surface area contributed by atoms with Gasteiger partial charge in [0.1, 0.15) is 43.2 Å². The number of thiazole rings is 1. The molecule has 0 bridgehead atoms. The topological polar surface area (TPSA) is 205 Å². The first kappa shape index (κ1) is 52.4. The van der Waals surface area contributed by atoms with E-state index < -0.39 is 46.2 Å². The molecule has 2 aromatic heterocycles. The fraction of sp³-hybridized carbons (Fsp3) is 0.426. The molecule has 2 fully saturated rings. The zero-order valence-electron chi connectivity index (χ0n) is 41.5. The Bertz CT molecular complexity index is 2750. The molecule has 5 aromatic rings. The van der Waals surface area contributed by atoms with Crippen LogP contribution in [0.1, 0.15) is 95.0 Å². The summed E-state index contributed by atoms with van der Waals surface area (Å²) in [5.41, 5.74) is 5.71. The van der Waals surface area contributed by atoms with E-state index in [4.69, 9.17) is 25.8 Å². The number of carbonyl (C=O) groups excluding carboxylic acids is 4. The van der Waals surface area contributed by atoms with Gasteiger partial charge in [0.25, 0.3) is 5.91 Å². The molecular formula is C54H62ClN7O8S. The number of nitrogens with one attached hydrogen (secondary N) is 3. The van der Waals surface area contributed by atoms with Gasteiger partial charge in [-0.3, -0.25) is 19.2 Å². The molecule has 1 saturated carbocycles. The number of amides is 4. The lowest BCUT2D eigenvalue weighted by Crippen LogP contribution is -2.74. The van der Waals surface area contributed by atoms with Crippen molar-refractivity contribution in [3.8, 4) is 39.3 Å². The molecular weight excluding hydrogens is 942 g/mol. The van der Waals surface area contributed by atoms with Gasteiger partial charge >= 0.3 is 0 Å². The highest BCUT2D eigenvalue weighted by Crippen LogP contribution is 2.55. The first-order valence-electron chi connectivity index (χ1n) is 23.6. The Kier molecular flexibility index (Phi) is 15.9. The van der Waals surface area contributed by atoms with E-state index in [-0.39, 0.29) is 62.8 Å². The molecule has 15 nitrogen and oxygen atoms in total. The van der Waals surface area contributed by atoms with E-state index in [1.54, 1.807) is 53.9 Å². The number of nitriles is 1. The van der Waals surface area contributed by atoms with Gasteiger partial charge < -0.3 is 40.2 Å². The number of aromatic nitrogens is 2. The summed E-state index contributed by atoms with van der Waals surface area (Å²) in [6, 6.07) is 23.3. The fourth-order valence-corrected chi connectivity index (χ4v) is 10.9. The Balaban J connectivity index is 0.847. The van der Waals surface area contributed by atoms with E-state index in [0.717, 1.165) is 32.8 Å². The van der Waals surface area contributed by atoms with Crippen LogP contribution in [-0.4, -0.2) is 100 Å². The Morgan fingerprint density at radius 3 is 2.21 bits per heavy atom. The van der Waals surface area contributed by atoms with Crippen LogP contribution in [-0.2, 0) is 19.1 Å². The van der Waals surface area contributed by atoms with Gasteiger partial charge in [-0.15, -0.1) is 11.3 Å². The van der Waals surface area contributed by atoms with Crippen LogP contribution in [0.2, 0.25) is 5.02 Å². The highest BCUT2D eigenvalue weighted by atomic mass is 35.5. The maximum absolute atomic E-state index is 14.1. The number of rotatable bonds is 17. The van der Waals surface area contributed by atoms with E-state index in [1.807, 2.05) is 82.6 Å². The minimum atomic E-state index is -1.00. The van der Waals surface area contributed by atoms with Crippen molar-refractivity contribution >= 4 is 46.6 Å². The molecule has 0 radical (unpaired) electrons. The summed E-state index contributed by atoms with van der Waals surface area (Å²) < 4.78 is 17.7. The third-order valence-electron chi connectivity index (χ3n) is 13.4. The number of aliphatic hydroxyl groups is 1. The highest BCUT2D eigenvalue weighted by molar-refractivity contribution is 7.13. The van der Waals surface area contributed by atoms with Gasteiger partial charge in [0, 0.05) is 59.3 Å². The number of likely N-dealkylation sites (tertiary alicyclic amines) is 1. The summed E-state index contributed by atoms with van der Waals surface area (Å²) in [5, 5.41) is 29.2. The minimum absolute atomic E-state index is 0.0400. The average molecular weight is 1000 g/mol. The molecule has 4 atom stereocenters. The van der Waals surface area contributed by atoms with Crippen LogP contribution < -0.4 is 25.4 Å². The van der Waals surface area contributed by atoms with Crippen LogP contribution in [0.5, 0.6) is 11.6 Å². The molecule has 1 unspecified atom stereocenters. The van der Waals surface area contributed by atoms with Crippen molar-refractivity contribution in [2.45, 2.75) is 105 Å². The van der Waals surface area contributed by atoms with E-state index in [1.165, 1.54) is 4.90 Å². The first-order valence-corrected chi connectivity index (χ1v) is 24.9. The van der Waals surface area contributed by atoms with E-state index in [2.05, 4.69) is 59.7 Å². The minimum Gasteiger partial charge on any atom is -0.489 e. The quantitative estimate of drug-likeness (QED) is 0.0656. The first-order chi connectivity index (χ1) is 33.6. The molecule has 17 heteroatoms. The molecule has 3 heterocycles. The second kappa shape index (κ2) is 21.5. The molecule has 374 valence electrons. The maximum atomic E-state index is 14.1. The Morgan fingerprint density at radius 1 is 0.930 bits per heavy atom. The van der Waals surface area contributed by atoms with Gasteiger partial charge in [-0.2, -0.15) is 5.26 Å². The number of nitrogens with zero attached hydrogens (tertiary/aromatic N) is 4. The zero-order chi connectivity index (χ0) is 51.4.